The van der Waals surface area contributed by atoms with E-state index in [9.17, 15) is 0 Å². The molecule has 1 aromatic carbocycles. The van der Waals surface area contributed by atoms with E-state index < -0.39 is 0 Å². The highest BCUT2D eigenvalue weighted by molar-refractivity contribution is 5.71. The number of rotatable bonds is 1. The summed E-state index contributed by atoms with van der Waals surface area (Å²) in [5.74, 6) is 7.35. The Labute approximate surface area is 133 Å². The quantitative estimate of drug-likeness (QED) is 0.550. The molecule has 5 nitrogen and oxygen atoms in total. The molecule has 0 saturated heterocycles. The van der Waals surface area contributed by atoms with Crippen LogP contribution in [0.25, 0.3) is 22.4 Å². The molecule has 0 aliphatic rings. The van der Waals surface area contributed by atoms with Crippen molar-refractivity contribution in [1.29, 1.82) is 0 Å². The van der Waals surface area contributed by atoms with Gasteiger partial charge in [-0.3, -0.25) is 0 Å². The van der Waals surface area contributed by atoms with Crippen molar-refractivity contribution in [3.8, 4) is 23.1 Å². The lowest BCUT2D eigenvalue weighted by Crippen LogP contribution is -1.90. The van der Waals surface area contributed by atoms with Crippen LogP contribution in [0.3, 0.4) is 0 Å². The van der Waals surface area contributed by atoms with E-state index in [2.05, 4.69) is 31.8 Å². The maximum Gasteiger partial charge on any atom is 0.186 e. The third-order valence-electron chi connectivity index (χ3n) is 3.50. The van der Waals surface area contributed by atoms with Gasteiger partial charge < -0.3 is 9.55 Å². The van der Waals surface area contributed by atoms with Gasteiger partial charge in [-0.15, -0.1) is 0 Å². The second-order valence-electron chi connectivity index (χ2n) is 5.14. The highest BCUT2D eigenvalue weighted by Gasteiger charge is 2.05. The molecule has 3 heterocycles. The zero-order valence-corrected chi connectivity index (χ0v) is 12.5. The van der Waals surface area contributed by atoms with E-state index in [-0.39, 0.29) is 0 Å². The predicted octanol–water partition coefficient (Wildman–Crippen LogP) is 2.76. The van der Waals surface area contributed by atoms with E-state index in [1.807, 2.05) is 60.3 Å². The summed E-state index contributed by atoms with van der Waals surface area (Å²) in [5.41, 5.74) is 3.52. The van der Waals surface area contributed by atoms with Crippen LogP contribution < -0.4 is 0 Å². The van der Waals surface area contributed by atoms with E-state index in [1.165, 1.54) is 0 Å². The number of hydrogen-bond donors (Lipinski definition) is 1. The first-order chi connectivity index (χ1) is 11.3. The van der Waals surface area contributed by atoms with Gasteiger partial charge in [0.25, 0.3) is 0 Å². The number of aromatic amines is 1. The lowest BCUT2D eigenvalue weighted by molar-refractivity contribution is 0.893. The lowest BCUT2D eigenvalue weighted by Gasteiger charge is -1.92. The molecular weight excluding hydrogens is 286 g/mol. The Morgan fingerprint density at radius 2 is 1.87 bits per heavy atom. The molecule has 0 saturated carbocycles. The molecule has 0 bridgehead atoms. The van der Waals surface area contributed by atoms with E-state index >= 15 is 0 Å². The van der Waals surface area contributed by atoms with Crippen LogP contribution in [-0.4, -0.2) is 24.5 Å². The maximum absolute atomic E-state index is 4.58. The second kappa shape index (κ2) is 5.43. The normalized spacial score (nSPS) is 10.5. The summed E-state index contributed by atoms with van der Waals surface area (Å²) in [6, 6.07) is 13.8. The molecule has 4 rings (SSSR count). The van der Waals surface area contributed by atoms with Crippen molar-refractivity contribution in [2.75, 3.05) is 0 Å². The van der Waals surface area contributed by atoms with Crippen molar-refractivity contribution in [3.05, 3.63) is 66.5 Å². The van der Waals surface area contributed by atoms with Crippen LogP contribution in [-0.2, 0) is 7.05 Å². The number of nitrogens with zero attached hydrogens (tertiary/aromatic N) is 4. The Kier molecular flexibility index (Phi) is 3.13. The van der Waals surface area contributed by atoms with Crippen molar-refractivity contribution in [2.45, 2.75) is 0 Å². The van der Waals surface area contributed by atoms with Crippen LogP contribution in [0.4, 0.5) is 0 Å². The second-order valence-corrected chi connectivity index (χ2v) is 5.14. The Balaban J connectivity index is 1.68. The van der Waals surface area contributed by atoms with Gasteiger partial charge in [0, 0.05) is 25.0 Å². The van der Waals surface area contributed by atoms with Gasteiger partial charge in [0.1, 0.15) is 0 Å². The first-order valence-electron chi connectivity index (χ1n) is 7.21. The van der Waals surface area contributed by atoms with Crippen LogP contribution in [0.1, 0.15) is 11.6 Å². The SMILES string of the molecule is Cn1cc(-c2ccccc2)nc1C#Cc1nc2ncccc2[nH]1. The van der Waals surface area contributed by atoms with Gasteiger partial charge in [0.15, 0.2) is 17.3 Å². The van der Waals surface area contributed by atoms with Crippen molar-refractivity contribution in [3.63, 3.8) is 0 Å². The smallest absolute Gasteiger partial charge is 0.186 e. The monoisotopic (exact) mass is 299 g/mol. The summed E-state index contributed by atoms with van der Waals surface area (Å²) in [4.78, 5) is 16.3. The van der Waals surface area contributed by atoms with Gasteiger partial charge in [0.05, 0.1) is 11.2 Å². The minimum atomic E-state index is 0.586. The van der Waals surface area contributed by atoms with Crippen molar-refractivity contribution in [1.82, 2.24) is 24.5 Å². The molecule has 0 atom stereocenters. The number of imidazole rings is 2. The fourth-order valence-electron chi connectivity index (χ4n) is 2.35. The van der Waals surface area contributed by atoms with Gasteiger partial charge in [0.2, 0.25) is 0 Å². The molecule has 0 aliphatic heterocycles. The summed E-state index contributed by atoms with van der Waals surface area (Å²) in [6.45, 7) is 0. The van der Waals surface area contributed by atoms with E-state index in [0.29, 0.717) is 17.3 Å². The molecule has 0 radical (unpaired) electrons. The number of benzene rings is 1. The molecule has 3 aromatic heterocycles. The standard InChI is InChI=1S/C18H13N5/c1-23-12-15(13-6-3-2-4-7-13)21-17(23)10-9-16-20-14-8-5-11-19-18(14)22-16/h2-8,11-12H,1H3,(H,19,20,22). The Morgan fingerprint density at radius 3 is 2.70 bits per heavy atom. The fraction of sp³-hybridized carbons (Fsp3) is 0.0556. The average Bonchev–Trinajstić information content (AvgIpc) is 3.16. The van der Waals surface area contributed by atoms with Crippen molar-refractivity contribution < 1.29 is 0 Å². The summed E-state index contributed by atoms with van der Waals surface area (Å²) in [5, 5.41) is 0. The molecule has 23 heavy (non-hydrogen) atoms. The maximum atomic E-state index is 4.58. The van der Waals surface area contributed by atoms with E-state index in [1.54, 1.807) is 6.20 Å². The van der Waals surface area contributed by atoms with Gasteiger partial charge in [-0.25, -0.2) is 15.0 Å². The zero-order valence-electron chi connectivity index (χ0n) is 12.5. The summed E-state index contributed by atoms with van der Waals surface area (Å²) >= 11 is 0. The Morgan fingerprint density at radius 1 is 1.00 bits per heavy atom. The molecule has 0 aliphatic carbocycles. The van der Waals surface area contributed by atoms with Gasteiger partial charge in [-0.2, -0.15) is 0 Å². The first-order valence-corrected chi connectivity index (χ1v) is 7.21. The van der Waals surface area contributed by atoms with Gasteiger partial charge in [-0.1, -0.05) is 30.3 Å². The Hall–Kier alpha value is -3.39. The van der Waals surface area contributed by atoms with Crippen LogP contribution in [0, 0.1) is 11.8 Å². The molecule has 4 aromatic rings. The summed E-state index contributed by atoms with van der Waals surface area (Å²) in [6.07, 6.45) is 3.69. The van der Waals surface area contributed by atoms with Gasteiger partial charge in [-0.05, 0) is 24.0 Å². The van der Waals surface area contributed by atoms with Crippen molar-refractivity contribution >= 4 is 11.2 Å². The van der Waals surface area contributed by atoms with Crippen LogP contribution in [0.15, 0.2) is 54.9 Å². The lowest BCUT2D eigenvalue weighted by atomic mass is 10.2. The molecule has 1 N–H and O–H groups in total. The molecular formula is C18H13N5. The fourth-order valence-corrected chi connectivity index (χ4v) is 2.35. The third kappa shape index (κ3) is 2.58. The highest BCUT2D eigenvalue weighted by Crippen LogP contribution is 2.17. The largest absolute Gasteiger partial charge is 0.330 e. The molecule has 0 spiro atoms. The van der Waals surface area contributed by atoms with Crippen LogP contribution in [0.5, 0.6) is 0 Å². The highest BCUT2D eigenvalue weighted by atomic mass is 15.0. The van der Waals surface area contributed by atoms with E-state index in [0.717, 1.165) is 16.8 Å². The number of aryl methyl sites for hydroxylation is 1. The van der Waals surface area contributed by atoms with Crippen molar-refractivity contribution in [2.24, 2.45) is 7.05 Å². The third-order valence-corrected chi connectivity index (χ3v) is 3.50. The number of aromatic nitrogens is 5. The number of fused-ring (bicyclic) bond motifs is 1. The number of pyridine rings is 1. The molecule has 110 valence electrons. The number of hydrogen-bond acceptors (Lipinski definition) is 3. The first kappa shape index (κ1) is 13.3. The topological polar surface area (TPSA) is 59.4 Å². The predicted molar refractivity (Wildman–Crippen MR) is 88.5 cm³/mol. The van der Waals surface area contributed by atoms with Crippen LogP contribution in [0.2, 0.25) is 0 Å². The van der Waals surface area contributed by atoms with Gasteiger partial charge >= 0.3 is 0 Å². The Bertz CT molecular complexity index is 998. The van der Waals surface area contributed by atoms with Crippen LogP contribution >= 0.6 is 0 Å². The number of nitrogens with one attached hydrogen (secondary N) is 1. The minimum Gasteiger partial charge on any atom is -0.330 e. The zero-order chi connectivity index (χ0) is 15.6. The minimum absolute atomic E-state index is 0.586. The average molecular weight is 299 g/mol. The molecule has 0 fully saturated rings. The molecule has 0 unspecified atom stereocenters. The molecule has 0 amide bonds. The van der Waals surface area contributed by atoms with E-state index in [4.69, 9.17) is 0 Å². The summed E-state index contributed by atoms with van der Waals surface area (Å²) in [7, 11) is 1.93. The molecule has 5 heteroatoms. The number of H-pyrrole nitrogens is 1. The summed E-state index contributed by atoms with van der Waals surface area (Å²) < 4.78 is 1.91.